The largest absolute Gasteiger partial charge is 0.364 e. The van der Waals surface area contributed by atoms with Gasteiger partial charge in [-0.3, -0.25) is 19.9 Å². The quantitative estimate of drug-likeness (QED) is 0.842. The summed E-state index contributed by atoms with van der Waals surface area (Å²) in [6, 6.07) is 2.88. The Bertz CT molecular complexity index is 536. The SMILES string of the molecule is NC(=O)c1ccc(C(=O)Nc2nccs2)cn1. The van der Waals surface area contributed by atoms with Crippen molar-refractivity contribution in [2.75, 3.05) is 5.32 Å². The number of nitrogens with zero attached hydrogens (tertiary/aromatic N) is 2. The molecule has 0 radical (unpaired) electrons. The molecule has 0 bridgehead atoms. The van der Waals surface area contributed by atoms with Crippen LogP contribution in [0.25, 0.3) is 0 Å². The van der Waals surface area contributed by atoms with Crippen molar-refractivity contribution in [2.45, 2.75) is 0 Å². The Kier molecular flexibility index (Phi) is 3.10. The maximum Gasteiger partial charge on any atom is 0.267 e. The van der Waals surface area contributed by atoms with Crippen molar-refractivity contribution in [3.8, 4) is 0 Å². The first kappa shape index (κ1) is 11.2. The fraction of sp³-hybridized carbons (Fsp3) is 0. The van der Waals surface area contributed by atoms with Crippen LogP contribution in [-0.2, 0) is 0 Å². The summed E-state index contributed by atoms with van der Waals surface area (Å²) in [6.07, 6.45) is 2.89. The van der Waals surface area contributed by atoms with Gasteiger partial charge in [0.25, 0.3) is 11.8 Å². The summed E-state index contributed by atoms with van der Waals surface area (Å²) < 4.78 is 0. The molecule has 0 atom stereocenters. The van der Waals surface area contributed by atoms with Crippen LogP contribution in [0.3, 0.4) is 0 Å². The number of amides is 2. The number of nitrogens with one attached hydrogen (secondary N) is 1. The van der Waals surface area contributed by atoms with E-state index in [0.29, 0.717) is 10.7 Å². The number of primary amides is 1. The van der Waals surface area contributed by atoms with E-state index in [1.54, 1.807) is 11.6 Å². The lowest BCUT2D eigenvalue weighted by atomic mass is 10.2. The van der Waals surface area contributed by atoms with Gasteiger partial charge in [-0.25, -0.2) is 4.98 Å². The average Bonchev–Trinajstić information content (AvgIpc) is 2.82. The van der Waals surface area contributed by atoms with Crippen molar-refractivity contribution in [2.24, 2.45) is 5.73 Å². The molecule has 2 amide bonds. The van der Waals surface area contributed by atoms with Crippen LogP contribution in [0.2, 0.25) is 0 Å². The monoisotopic (exact) mass is 248 g/mol. The van der Waals surface area contributed by atoms with E-state index in [0.717, 1.165) is 0 Å². The Morgan fingerprint density at radius 3 is 2.65 bits per heavy atom. The molecule has 86 valence electrons. The molecule has 0 spiro atoms. The highest BCUT2D eigenvalue weighted by molar-refractivity contribution is 7.13. The lowest BCUT2D eigenvalue weighted by molar-refractivity contribution is 0.0990. The van der Waals surface area contributed by atoms with E-state index in [9.17, 15) is 9.59 Å². The first-order chi connectivity index (χ1) is 8.16. The summed E-state index contributed by atoms with van der Waals surface area (Å²) in [5, 5.41) is 4.86. The van der Waals surface area contributed by atoms with Crippen molar-refractivity contribution in [3.63, 3.8) is 0 Å². The molecule has 6 nitrogen and oxygen atoms in total. The van der Waals surface area contributed by atoms with Crippen LogP contribution in [0.4, 0.5) is 5.13 Å². The lowest BCUT2D eigenvalue weighted by Crippen LogP contribution is -2.15. The number of thiazole rings is 1. The Hall–Kier alpha value is -2.28. The van der Waals surface area contributed by atoms with Crippen LogP contribution in [0.15, 0.2) is 29.9 Å². The van der Waals surface area contributed by atoms with Crippen molar-refractivity contribution < 1.29 is 9.59 Å². The first-order valence-corrected chi connectivity index (χ1v) is 5.51. The van der Waals surface area contributed by atoms with E-state index in [1.807, 2.05) is 0 Å². The Morgan fingerprint density at radius 2 is 2.12 bits per heavy atom. The maximum absolute atomic E-state index is 11.7. The van der Waals surface area contributed by atoms with Crippen LogP contribution in [-0.4, -0.2) is 21.8 Å². The fourth-order valence-corrected chi connectivity index (χ4v) is 1.65. The molecule has 3 N–H and O–H groups in total. The van der Waals surface area contributed by atoms with E-state index in [1.165, 1.54) is 29.7 Å². The molecule has 0 saturated carbocycles. The molecule has 0 aliphatic carbocycles. The van der Waals surface area contributed by atoms with E-state index in [-0.39, 0.29) is 11.6 Å². The molecule has 2 aromatic heterocycles. The van der Waals surface area contributed by atoms with Gasteiger partial charge in [0.05, 0.1) is 5.56 Å². The second-order valence-electron chi connectivity index (χ2n) is 3.09. The van der Waals surface area contributed by atoms with Crippen LogP contribution in [0.5, 0.6) is 0 Å². The van der Waals surface area contributed by atoms with Gasteiger partial charge in [-0.05, 0) is 12.1 Å². The molecule has 0 fully saturated rings. The van der Waals surface area contributed by atoms with E-state index in [4.69, 9.17) is 5.73 Å². The van der Waals surface area contributed by atoms with Gasteiger partial charge in [-0.1, -0.05) is 0 Å². The topological polar surface area (TPSA) is 98.0 Å². The molecular formula is C10H8N4O2S. The molecule has 7 heteroatoms. The zero-order chi connectivity index (χ0) is 12.3. The summed E-state index contributed by atoms with van der Waals surface area (Å²) in [4.78, 5) is 30.2. The highest BCUT2D eigenvalue weighted by Crippen LogP contribution is 2.12. The Labute approximate surface area is 101 Å². The Morgan fingerprint density at radius 1 is 1.29 bits per heavy atom. The van der Waals surface area contributed by atoms with Gasteiger partial charge in [-0.2, -0.15) is 0 Å². The summed E-state index contributed by atoms with van der Waals surface area (Å²) >= 11 is 1.32. The third kappa shape index (κ3) is 2.64. The normalized spacial score (nSPS) is 9.88. The van der Waals surface area contributed by atoms with Crippen molar-refractivity contribution >= 4 is 28.3 Å². The lowest BCUT2D eigenvalue weighted by Gasteiger charge is -2.01. The predicted octanol–water partition coefficient (Wildman–Crippen LogP) is 0.889. The molecule has 17 heavy (non-hydrogen) atoms. The number of hydrogen-bond donors (Lipinski definition) is 2. The number of pyridine rings is 1. The number of hydrogen-bond acceptors (Lipinski definition) is 5. The third-order valence-corrected chi connectivity index (χ3v) is 2.62. The van der Waals surface area contributed by atoms with Gasteiger partial charge < -0.3 is 5.73 Å². The molecular weight excluding hydrogens is 240 g/mol. The predicted molar refractivity (Wildman–Crippen MR) is 62.8 cm³/mol. The summed E-state index contributed by atoms with van der Waals surface area (Å²) in [5.74, 6) is -0.958. The second-order valence-corrected chi connectivity index (χ2v) is 3.98. The molecule has 0 aliphatic rings. The van der Waals surface area contributed by atoms with E-state index >= 15 is 0 Å². The Balaban J connectivity index is 2.12. The smallest absolute Gasteiger partial charge is 0.267 e. The highest BCUT2D eigenvalue weighted by atomic mass is 32.1. The zero-order valence-corrected chi connectivity index (χ0v) is 9.40. The van der Waals surface area contributed by atoms with E-state index in [2.05, 4.69) is 15.3 Å². The van der Waals surface area contributed by atoms with E-state index < -0.39 is 5.91 Å². The minimum Gasteiger partial charge on any atom is -0.364 e. The number of anilines is 1. The number of nitrogens with two attached hydrogens (primary N) is 1. The fourth-order valence-electron chi connectivity index (χ4n) is 1.13. The number of aromatic nitrogens is 2. The minimum atomic E-state index is -0.628. The standard InChI is InChI=1S/C10H8N4O2S/c11-8(15)7-2-1-6(5-13-7)9(16)14-10-12-3-4-17-10/h1-5H,(H2,11,15)(H,12,14,16). The summed E-state index contributed by atoms with van der Waals surface area (Å²) in [6.45, 7) is 0. The van der Waals surface area contributed by atoms with Gasteiger partial charge in [0, 0.05) is 17.8 Å². The zero-order valence-electron chi connectivity index (χ0n) is 8.58. The van der Waals surface area contributed by atoms with Crippen LogP contribution in [0, 0.1) is 0 Å². The molecule has 2 aromatic rings. The third-order valence-electron chi connectivity index (χ3n) is 1.93. The van der Waals surface area contributed by atoms with Crippen molar-refractivity contribution in [1.82, 2.24) is 9.97 Å². The highest BCUT2D eigenvalue weighted by Gasteiger charge is 2.09. The first-order valence-electron chi connectivity index (χ1n) is 4.63. The molecule has 2 heterocycles. The molecule has 0 aliphatic heterocycles. The minimum absolute atomic E-state index is 0.121. The van der Waals surface area contributed by atoms with Gasteiger partial charge in [0.1, 0.15) is 5.69 Å². The number of carbonyl (C=O) groups is 2. The number of rotatable bonds is 3. The van der Waals surface area contributed by atoms with Crippen LogP contribution >= 0.6 is 11.3 Å². The van der Waals surface area contributed by atoms with Gasteiger partial charge in [0.15, 0.2) is 5.13 Å². The van der Waals surface area contributed by atoms with Crippen molar-refractivity contribution in [1.29, 1.82) is 0 Å². The second kappa shape index (κ2) is 4.71. The summed E-state index contributed by atoms with van der Waals surface area (Å²) in [5.41, 5.74) is 5.50. The maximum atomic E-state index is 11.7. The van der Waals surface area contributed by atoms with Gasteiger partial charge >= 0.3 is 0 Å². The average molecular weight is 248 g/mol. The molecule has 0 unspecified atom stereocenters. The summed E-state index contributed by atoms with van der Waals surface area (Å²) in [7, 11) is 0. The van der Waals surface area contributed by atoms with Crippen LogP contribution < -0.4 is 11.1 Å². The molecule has 2 rings (SSSR count). The van der Waals surface area contributed by atoms with Gasteiger partial charge in [-0.15, -0.1) is 11.3 Å². The van der Waals surface area contributed by atoms with Gasteiger partial charge in [0.2, 0.25) is 0 Å². The van der Waals surface area contributed by atoms with Crippen molar-refractivity contribution in [3.05, 3.63) is 41.2 Å². The molecule has 0 aromatic carbocycles. The molecule has 0 saturated heterocycles. The van der Waals surface area contributed by atoms with Crippen LogP contribution in [0.1, 0.15) is 20.8 Å². The number of carbonyl (C=O) groups excluding carboxylic acids is 2.